The fourth-order valence-corrected chi connectivity index (χ4v) is 3.36. The molecule has 1 nitrogen and oxygen atoms in total. The van der Waals surface area contributed by atoms with Crippen molar-refractivity contribution in [2.45, 2.75) is 12.5 Å². The molecule has 0 saturated heterocycles. The molecule has 3 heteroatoms. The Labute approximate surface area is 140 Å². The predicted molar refractivity (Wildman–Crippen MR) is 94.5 cm³/mol. The molecule has 0 fully saturated rings. The first-order valence-electron chi connectivity index (χ1n) is 6.74. The van der Waals surface area contributed by atoms with Crippen molar-refractivity contribution in [2.75, 3.05) is 0 Å². The first-order valence-corrected chi connectivity index (χ1v) is 8.33. The predicted octanol–water partition coefficient (Wildman–Crippen LogP) is 5.64. The van der Waals surface area contributed by atoms with Crippen molar-refractivity contribution in [2.24, 2.45) is 0 Å². The summed E-state index contributed by atoms with van der Waals surface area (Å²) in [6.07, 6.45) is 0.0675. The van der Waals surface area contributed by atoms with Gasteiger partial charge in [-0.25, -0.2) is 0 Å². The highest BCUT2D eigenvalue weighted by Crippen LogP contribution is 2.29. The summed E-state index contributed by atoms with van der Waals surface area (Å²) in [6, 6.07) is 20.5. The van der Waals surface area contributed by atoms with E-state index in [-0.39, 0.29) is 0 Å². The number of aliphatic hydroxyl groups excluding tert-OH is 1. The van der Waals surface area contributed by atoms with Crippen LogP contribution in [0.25, 0.3) is 10.8 Å². The SMILES string of the molecule is OC(Cc1ccc2ccccc2c1)c1cc(Br)ccc1Br. The maximum absolute atomic E-state index is 10.5. The van der Waals surface area contributed by atoms with Gasteiger partial charge in [0, 0.05) is 15.4 Å². The minimum Gasteiger partial charge on any atom is -0.388 e. The van der Waals surface area contributed by atoms with Crippen LogP contribution in [0.15, 0.2) is 69.6 Å². The number of fused-ring (bicyclic) bond motifs is 1. The standard InChI is InChI=1S/C18H14Br2O/c19-15-7-8-17(20)16(11-15)18(21)10-12-5-6-13-3-1-2-4-14(13)9-12/h1-9,11,18,21H,10H2. The summed E-state index contributed by atoms with van der Waals surface area (Å²) in [5, 5.41) is 12.9. The lowest BCUT2D eigenvalue weighted by molar-refractivity contribution is 0.177. The molecule has 0 saturated carbocycles. The van der Waals surface area contributed by atoms with Gasteiger partial charge in [-0.05, 0) is 40.1 Å². The lowest BCUT2D eigenvalue weighted by Gasteiger charge is -2.14. The van der Waals surface area contributed by atoms with Gasteiger partial charge in [-0.2, -0.15) is 0 Å². The molecule has 0 radical (unpaired) electrons. The molecule has 0 aliphatic heterocycles. The van der Waals surface area contributed by atoms with E-state index < -0.39 is 6.10 Å². The number of benzene rings is 3. The maximum atomic E-state index is 10.5. The van der Waals surface area contributed by atoms with E-state index in [1.54, 1.807) is 0 Å². The smallest absolute Gasteiger partial charge is 0.0841 e. The van der Waals surface area contributed by atoms with Crippen LogP contribution in [0.3, 0.4) is 0 Å². The summed E-state index contributed by atoms with van der Waals surface area (Å²) >= 11 is 6.95. The molecule has 0 aliphatic rings. The monoisotopic (exact) mass is 404 g/mol. The topological polar surface area (TPSA) is 20.2 Å². The van der Waals surface area contributed by atoms with Crippen molar-refractivity contribution in [3.8, 4) is 0 Å². The molecule has 3 aromatic carbocycles. The summed E-state index contributed by atoms with van der Waals surface area (Å²) in [5.41, 5.74) is 2.03. The van der Waals surface area contributed by atoms with E-state index in [0.29, 0.717) is 6.42 Å². The third kappa shape index (κ3) is 3.37. The fraction of sp³-hybridized carbons (Fsp3) is 0.111. The Balaban J connectivity index is 1.88. The van der Waals surface area contributed by atoms with Crippen molar-refractivity contribution >= 4 is 42.6 Å². The van der Waals surface area contributed by atoms with E-state index in [1.165, 1.54) is 10.8 Å². The molecular weight excluding hydrogens is 392 g/mol. The number of hydrogen-bond donors (Lipinski definition) is 1. The Hall–Kier alpha value is -1.16. The Morgan fingerprint density at radius 3 is 2.43 bits per heavy atom. The van der Waals surface area contributed by atoms with Crippen LogP contribution in [0.5, 0.6) is 0 Å². The minimum absolute atomic E-state index is 0.530. The van der Waals surface area contributed by atoms with Gasteiger partial charge in [-0.3, -0.25) is 0 Å². The molecule has 1 unspecified atom stereocenters. The van der Waals surface area contributed by atoms with Gasteiger partial charge in [0.1, 0.15) is 0 Å². The summed E-state index contributed by atoms with van der Waals surface area (Å²) < 4.78 is 1.90. The van der Waals surface area contributed by atoms with E-state index in [4.69, 9.17) is 0 Å². The van der Waals surface area contributed by atoms with Crippen molar-refractivity contribution in [3.05, 3.63) is 80.7 Å². The van der Waals surface area contributed by atoms with Gasteiger partial charge in [0.25, 0.3) is 0 Å². The molecule has 0 bridgehead atoms. The molecule has 0 amide bonds. The van der Waals surface area contributed by atoms with E-state index in [9.17, 15) is 5.11 Å². The summed E-state index contributed by atoms with van der Waals surface area (Å²) in [6.45, 7) is 0. The molecule has 0 aromatic heterocycles. The van der Waals surface area contributed by atoms with Gasteiger partial charge in [0.15, 0.2) is 0 Å². The van der Waals surface area contributed by atoms with Crippen LogP contribution in [-0.4, -0.2) is 5.11 Å². The van der Waals surface area contributed by atoms with Crippen LogP contribution in [0.2, 0.25) is 0 Å². The Kier molecular flexibility index (Phi) is 4.43. The molecule has 1 N–H and O–H groups in total. The second-order valence-electron chi connectivity index (χ2n) is 5.07. The molecule has 0 heterocycles. The maximum Gasteiger partial charge on any atom is 0.0841 e. The van der Waals surface area contributed by atoms with E-state index >= 15 is 0 Å². The number of halogens is 2. The Morgan fingerprint density at radius 2 is 1.62 bits per heavy atom. The molecule has 0 spiro atoms. The molecule has 3 rings (SSSR count). The molecular formula is C18H14Br2O. The Morgan fingerprint density at radius 1 is 0.857 bits per heavy atom. The van der Waals surface area contributed by atoms with Crippen molar-refractivity contribution < 1.29 is 5.11 Å². The molecule has 21 heavy (non-hydrogen) atoms. The number of hydrogen-bond acceptors (Lipinski definition) is 1. The second kappa shape index (κ2) is 6.30. The van der Waals surface area contributed by atoms with Crippen LogP contribution in [-0.2, 0) is 6.42 Å². The van der Waals surface area contributed by atoms with Crippen LogP contribution >= 0.6 is 31.9 Å². The third-order valence-electron chi connectivity index (χ3n) is 3.56. The summed E-state index contributed by atoms with van der Waals surface area (Å²) in [5.74, 6) is 0. The number of aliphatic hydroxyl groups is 1. The summed E-state index contributed by atoms with van der Waals surface area (Å²) in [7, 11) is 0. The van der Waals surface area contributed by atoms with Gasteiger partial charge in [0.05, 0.1) is 6.10 Å². The Bertz CT molecular complexity index is 783. The molecule has 3 aromatic rings. The first kappa shape index (κ1) is 14.8. The zero-order valence-corrected chi connectivity index (χ0v) is 14.4. The van der Waals surface area contributed by atoms with Crippen LogP contribution < -0.4 is 0 Å². The fourth-order valence-electron chi connectivity index (χ4n) is 2.47. The van der Waals surface area contributed by atoms with E-state index in [1.807, 2.05) is 30.3 Å². The molecule has 1 atom stereocenters. The van der Waals surface area contributed by atoms with Gasteiger partial charge < -0.3 is 5.11 Å². The largest absolute Gasteiger partial charge is 0.388 e. The quantitative estimate of drug-likeness (QED) is 0.597. The first-order chi connectivity index (χ1) is 10.1. The third-order valence-corrected chi connectivity index (χ3v) is 4.78. The van der Waals surface area contributed by atoms with Gasteiger partial charge in [-0.1, -0.05) is 74.3 Å². The van der Waals surface area contributed by atoms with E-state index in [0.717, 1.165) is 20.1 Å². The average Bonchev–Trinajstić information content (AvgIpc) is 2.49. The highest BCUT2D eigenvalue weighted by atomic mass is 79.9. The molecule has 106 valence electrons. The zero-order valence-electron chi connectivity index (χ0n) is 11.3. The average molecular weight is 406 g/mol. The van der Waals surface area contributed by atoms with Crippen LogP contribution in [0.1, 0.15) is 17.2 Å². The highest BCUT2D eigenvalue weighted by Gasteiger charge is 2.13. The van der Waals surface area contributed by atoms with E-state index in [2.05, 4.69) is 62.2 Å². The van der Waals surface area contributed by atoms with Crippen molar-refractivity contribution in [1.82, 2.24) is 0 Å². The zero-order chi connectivity index (χ0) is 14.8. The van der Waals surface area contributed by atoms with Crippen LogP contribution in [0.4, 0.5) is 0 Å². The van der Waals surface area contributed by atoms with Crippen molar-refractivity contribution in [3.63, 3.8) is 0 Å². The number of rotatable bonds is 3. The van der Waals surface area contributed by atoms with Crippen LogP contribution in [0, 0.1) is 0 Å². The second-order valence-corrected chi connectivity index (χ2v) is 6.84. The normalized spacial score (nSPS) is 12.5. The lowest BCUT2D eigenvalue weighted by atomic mass is 9.99. The minimum atomic E-state index is -0.530. The van der Waals surface area contributed by atoms with Gasteiger partial charge >= 0.3 is 0 Å². The van der Waals surface area contributed by atoms with Crippen molar-refractivity contribution in [1.29, 1.82) is 0 Å². The summed E-state index contributed by atoms with van der Waals surface area (Å²) in [4.78, 5) is 0. The highest BCUT2D eigenvalue weighted by molar-refractivity contribution is 9.11. The lowest BCUT2D eigenvalue weighted by Crippen LogP contribution is -2.03. The van der Waals surface area contributed by atoms with Gasteiger partial charge in [-0.15, -0.1) is 0 Å². The van der Waals surface area contributed by atoms with Gasteiger partial charge in [0.2, 0.25) is 0 Å². The molecule has 0 aliphatic carbocycles.